The van der Waals surface area contributed by atoms with E-state index in [9.17, 15) is 13.2 Å². The molecular weight excluding hydrogens is 271 g/mol. The maximum Gasteiger partial charge on any atom is 0.417 e. The molecular formula is C11H7ClF3NO2. The molecule has 3 nitrogen and oxygen atoms in total. The van der Waals surface area contributed by atoms with Gasteiger partial charge in [0.25, 0.3) is 0 Å². The van der Waals surface area contributed by atoms with Crippen molar-refractivity contribution in [3.8, 4) is 11.3 Å². The van der Waals surface area contributed by atoms with E-state index in [1.165, 1.54) is 12.1 Å². The first-order valence-corrected chi connectivity index (χ1v) is 5.23. The van der Waals surface area contributed by atoms with E-state index < -0.39 is 11.7 Å². The minimum Gasteiger partial charge on any atom is -0.390 e. The minimum atomic E-state index is -4.53. The van der Waals surface area contributed by atoms with Crippen molar-refractivity contribution >= 4 is 11.6 Å². The third-order valence-electron chi connectivity index (χ3n) is 2.28. The lowest BCUT2D eigenvalue weighted by Crippen LogP contribution is -2.05. The van der Waals surface area contributed by atoms with Crippen molar-refractivity contribution in [2.45, 2.75) is 12.8 Å². The third-order valence-corrected chi connectivity index (χ3v) is 2.61. The van der Waals surface area contributed by atoms with E-state index in [-0.39, 0.29) is 28.6 Å². The summed E-state index contributed by atoms with van der Waals surface area (Å²) in [4.78, 5) is 0. The van der Waals surface area contributed by atoms with Crippen molar-refractivity contribution in [1.29, 1.82) is 0 Å². The van der Waals surface area contributed by atoms with Gasteiger partial charge in [-0.25, -0.2) is 0 Å². The standard InChI is InChI=1S/C11H7ClF3NO2/c12-9-2-1-6(3-8(9)11(13,14)15)10-4-7(5-17)16-18-10/h1-4,17H,5H2. The number of alkyl halides is 3. The number of aromatic nitrogens is 1. The van der Waals surface area contributed by atoms with Crippen molar-refractivity contribution in [2.75, 3.05) is 0 Å². The lowest BCUT2D eigenvalue weighted by molar-refractivity contribution is -0.137. The van der Waals surface area contributed by atoms with Gasteiger partial charge in [-0.1, -0.05) is 16.8 Å². The zero-order valence-corrected chi connectivity index (χ0v) is 9.59. The second kappa shape index (κ2) is 4.62. The number of aliphatic hydroxyl groups excluding tert-OH is 1. The van der Waals surface area contributed by atoms with Crippen LogP contribution in [-0.2, 0) is 12.8 Å². The van der Waals surface area contributed by atoms with Crippen molar-refractivity contribution in [2.24, 2.45) is 0 Å². The van der Waals surface area contributed by atoms with Gasteiger partial charge in [0, 0.05) is 11.6 Å². The van der Waals surface area contributed by atoms with E-state index in [0.29, 0.717) is 0 Å². The van der Waals surface area contributed by atoms with Crippen LogP contribution in [-0.4, -0.2) is 10.3 Å². The van der Waals surface area contributed by atoms with Crippen LogP contribution in [0.4, 0.5) is 13.2 Å². The highest BCUT2D eigenvalue weighted by Crippen LogP contribution is 2.37. The highest BCUT2D eigenvalue weighted by molar-refractivity contribution is 6.31. The molecule has 7 heteroatoms. The van der Waals surface area contributed by atoms with Crippen molar-refractivity contribution in [1.82, 2.24) is 5.16 Å². The van der Waals surface area contributed by atoms with Crippen molar-refractivity contribution < 1.29 is 22.8 Å². The molecule has 0 saturated heterocycles. The predicted octanol–water partition coefficient (Wildman–Crippen LogP) is 3.51. The molecule has 0 bridgehead atoms. The van der Waals surface area contributed by atoms with E-state index >= 15 is 0 Å². The fraction of sp³-hybridized carbons (Fsp3) is 0.182. The summed E-state index contributed by atoms with van der Waals surface area (Å²) in [5, 5.41) is 11.9. The largest absolute Gasteiger partial charge is 0.417 e. The number of hydrogen-bond donors (Lipinski definition) is 1. The molecule has 0 unspecified atom stereocenters. The number of aliphatic hydroxyl groups is 1. The minimum absolute atomic E-state index is 0.140. The molecule has 0 radical (unpaired) electrons. The number of nitrogens with zero attached hydrogens (tertiary/aromatic N) is 1. The van der Waals surface area contributed by atoms with Gasteiger partial charge in [-0.05, 0) is 18.2 Å². The number of halogens is 4. The fourth-order valence-electron chi connectivity index (χ4n) is 1.42. The molecule has 0 fully saturated rings. The Balaban J connectivity index is 2.47. The Morgan fingerprint density at radius 2 is 2.00 bits per heavy atom. The lowest BCUT2D eigenvalue weighted by atomic mass is 10.1. The van der Waals surface area contributed by atoms with Gasteiger partial charge in [0.05, 0.1) is 17.2 Å². The normalized spacial score (nSPS) is 11.8. The van der Waals surface area contributed by atoms with Gasteiger partial charge in [0.15, 0.2) is 5.76 Å². The quantitative estimate of drug-likeness (QED) is 0.914. The molecule has 1 heterocycles. The zero-order chi connectivity index (χ0) is 13.3. The first-order chi connectivity index (χ1) is 8.41. The van der Waals surface area contributed by atoms with Gasteiger partial charge in [-0.2, -0.15) is 13.2 Å². The zero-order valence-electron chi connectivity index (χ0n) is 8.83. The maximum atomic E-state index is 12.6. The van der Waals surface area contributed by atoms with E-state index in [1.807, 2.05) is 0 Å². The van der Waals surface area contributed by atoms with Gasteiger partial charge in [-0.3, -0.25) is 0 Å². The molecule has 1 aromatic heterocycles. The lowest BCUT2D eigenvalue weighted by Gasteiger charge is -2.09. The highest BCUT2D eigenvalue weighted by atomic mass is 35.5. The molecule has 2 aromatic rings. The summed E-state index contributed by atoms with van der Waals surface area (Å²) in [5.74, 6) is 0.140. The molecule has 18 heavy (non-hydrogen) atoms. The van der Waals surface area contributed by atoms with Crippen LogP contribution in [0.3, 0.4) is 0 Å². The van der Waals surface area contributed by atoms with Gasteiger partial charge in [-0.15, -0.1) is 0 Å². The molecule has 0 amide bonds. The number of hydrogen-bond acceptors (Lipinski definition) is 3. The summed E-state index contributed by atoms with van der Waals surface area (Å²) in [7, 11) is 0. The summed E-state index contributed by atoms with van der Waals surface area (Å²) in [6.07, 6.45) is -4.53. The molecule has 0 aliphatic carbocycles. The van der Waals surface area contributed by atoms with Crippen LogP contribution in [0.1, 0.15) is 11.3 Å². The van der Waals surface area contributed by atoms with E-state index in [4.69, 9.17) is 21.2 Å². The Kier molecular flexibility index (Phi) is 3.32. The molecule has 2 rings (SSSR count). The van der Waals surface area contributed by atoms with Crippen LogP contribution in [0.15, 0.2) is 28.8 Å². The highest BCUT2D eigenvalue weighted by Gasteiger charge is 2.33. The van der Waals surface area contributed by atoms with Gasteiger partial charge >= 0.3 is 6.18 Å². The second-order valence-electron chi connectivity index (χ2n) is 3.53. The SMILES string of the molecule is OCc1cc(-c2ccc(Cl)c(C(F)(F)F)c2)on1. The Bertz CT molecular complexity index is 566. The molecule has 1 N–H and O–H groups in total. The third kappa shape index (κ3) is 2.49. The van der Waals surface area contributed by atoms with Gasteiger partial charge in [0.2, 0.25) is 0 Å². The Labute approximate surface area is 105 Å². The second-order valence-corrected chi connectivity index (χ2v) is 3.94. The van der Waals surface area contributed by atoms with Crippen LogP contribution in [0, 0.1) is 0 Å². The number of benzene rings is 1. The first-order valence-electron chi connectivity index (χ1n) is 4.85. The molecule has 0 aliphatic rings. The maximum absolute atomic E-state index is 12.6. The molecule has 96 valence electrons. The van der Waals surface area contributed by atoms with Gasteiger partial charge in [0.1, 0.15) is 5.69 Å². The van der Waals surface area contributed by atoms with Crippen LogP contribution < -0.4 is 0 Å². The summed E-state index contributed by atoms with van der Waals surface area (Å²) in [5.41, 5.74) is -0.504. The fourth-order valence-corrected chi connectivity index (χ4v) is 1.64. The van der Waals surface area contributed by atoms with E-state index in [2.05, 4.69) is 5.16 Å². The Morgan fingerprint density at radius 3 is 2.56 bits per heavy atom. The van der Waals surface area contributed by atoms with Crippen LogP contribution >= 0.6 is 11.6 Å². The molecule has 0 atom stereocenters. The van der Waals surface area contributed by atoms with E-state index in [1.54, 1.807) is 0 Å². The van der Waals surface area contributed by atoms with Crippen LogP contribution in [0.2, 0.25) is 5.02 Å². The van der Waals surface area contributed by atoms with Gasteiger partial charge < -0.3 is 9.63 Å². The smallest absolute Gasteiger partial charge is 0.390 e. The molecule has 1 aromatic carbocycles. The summed E-state index contributed by atoms with van der Waals surface area (Å²) >= 11 is 5.49. The molecule has 0 saturated carbocycles. The monoisotopic (exact) mass is 277 g/mol. The van der Waals surface area contributed by atoms with Crippen LogP contribution in [0.5, 0.6) is 0 Å². The first kappa shape index (κ1) is 12.9. The van der Waals surface area contributed by atoms with E-state index in [0.717, 1.165) is 12.1 Å². The Hall–Kier alpha value is -1.53. The molecule has 0 aliphatic heterocycles. The topological polar surface area (TPSA) is 46.3 Å². The van der Waals surface area contributed by atoms with Crippen molar-refractivity contribution in [3.63, 3.8) is 0 Å². The molecule has 0 spiro atoms. The van der Waals surface area contributed by atoms with Crippen LogP contribution in [0.25, 0.3) is 11.3 Å². The number of rotatable bonds is 2. The summed E-state index contributed by atoms with van der Waals surface area (Å²) < 4.78 is 42.8. The summed E-state index contributed by atoms with van der Waals surface area (Å²) in [6, 6.07) is 4.77. The predicted molar refractivity (Wildman–Crippen MR) is 57.9 cm³/mol. The average molecular weight is 278 g/mol. The average Bonchev–Trinajstić information content (AvgIpc) is 2.76. The van der Waals surface area contributed by atoms with Crippen molar-refractivity contribution in [3.05, 3.63) is 40.5 Å². The summed E-state index contributed by atoms with van der Waals surface area (Å²) in [6.45, 7) is -0.344. The Morgan fingerprint density at radius 1 is 1.28 bits per heavy atom.